The minimum Gasteiger partial charge on any atom is -0.394 e. The van der Waals surface area contributed by atoms with Crippen LogP contribution in [0.25, 0.3) is 0 Å². The van der Waals surface area contributed by atoms with Crippen LogP contribution < -0.4 is 10.6 Å². The summed E-state index contributed by atoms with van der Waals surface area (Å²) in [4.78, 5) is 29.4. The fourth-order valence-electron chi connectivity index (χ4n) is 3.27. The lowest BCUT2D eigenvalue weighted by Crippen LogP contribution is -2.43. The number of hydrogen-bond donors (Lipinski definition) is 4. The zero-order chi connectivity index (χ0) is 21.3. The molecule has 2 aromatic rings. The molecular weight excluding hydrogens is 382 g/mol. The van der Waals surface area contributed by atoms with Gasteiger partial charge in [-0.05, 0) is 24.1 Å². The molecule has 1 aromatic heterocycles. The Morgan fingerprint density at radius 2 is 1.63 bits per heavy atom. The van der Waals surface area contributed by atoms with E-state index in [2.05, 4.69) is 15.6 Å². The molecule has 0 spiro atoms. The van der Waals surface area contributed by atoms with Gasteiger partial charge in [0, 0.05) is 5.92 Å². The molecular formula is C23H25N3O4. The van der Waals surface area contributed by atoms with E-state index in [4.69, 9.17) is 0 Å². The summed E-state index contributed by atoms with van der Waals surface area (Å²) < 4.78 is 0. The van der Waals surface area contributed by atoms with E-state index in [9.17, 15) is 19.8 Å². The minimum absolute atomic E-state index is 0.00776. The largest absolute Gasteiger partial charge is 0.394 e. The number of aliphatic hydroxyl groups is 2. The topological polar surface area (TPSA) is 112 Å². The van der Waals surface area contributed by atoms with Crippen molar-refractivity contribution in [2.24, 2.45) is 5.92 Å². The molecule has 3 rings (SSSR count). The molecule has 0 bridgehead atoms. The number of amides is 2. The van der Waals surface area contributed by atoms with Gasteiger partial charge in [-0.1, -0.05) is 60.7 Å². The fourth-order valence-corrected chi connectivity index (χ4v) is 3.27. The second-order valence-corrected chi connectivity index (χ2v) is 7.00. The summed E-state index contributed by atoms with van der Waals surface area (Å²) in [5.74, 6) is -0.966. The Hall–Kier alpha value is -3.29. The van der Waals surface area contributed by atoms with Crippen LogP contribution in [-0.2, 0) is 0 Å². The maximum Gasteiger partial charge on any atom is 0.270 e. The number of carbonyl (C=O) groups excluding carboxylic acids is 2. The quantitative estimate of drug-likeness (QED) is 0.533. The second-order valence-electron chi connectivity index (χ2n) is 7.00. The zero-order valence-electron chi connectivity index (χ0n) is 16.4. The number of carbonyl (C=O) groups is 2. The highest BCUT2D eigenvalue weighted by Crippen LogP contribution is 2.16. The third kappa shape index (κ3) is 5.40. The highest BCUT2D eigenvalue weighted by Gasteiger charge is 2.23. The number of aromatic nitrogens is 1. The second kappa shape index (κ2) is 10.5. The molecule has 0 fully saturated rings. The molecule has 1 aliphatic carbocycles. The number of nitrogens with one attached hydrogen (secondary N) is 2. The highest BCUT2D eigenvalue weighted by molar-refractivity contribution is 5.96. The summed E-state index contributed by atoms with van der Waals surface area (Å²) in [6, 6.07) is 12.7. The van der Waals surface area contributed by atoms with Crippen LogP contribution in [0.3, 0.4) is 0 Å². The van der Waals surface area contributed by atoms with E-state index in [0.717, 1.165) is 12.0 Å². The van der Waals surface area contributed by atoms with Gasteiger partial charge in [-0.15, -0.1) is 0 Å². The molecule has 1 heterocycles. The van der Waals surface area contributed by atoms with Gasteiger partial charge < -0.3 is 20.8 Å². The molecule has 156 valence electrons. The van der Waals surface area contributed by atoms with Crippen LogP contribution in [0.15, 0.2) is 72.8 Å². The molecule has 0 saturated carbocycles. The molecule has 30 heavy (non-hydrogen) atoms. The first-order valence-electron chi connectivity index (χ1n) is 9.81. The van der Waals surface area contributed by atoms with Gasteiger partial charge in [0.2, 0.25) is 0 Å². The molecule has 0 saturated heterocycles. The number of aliphatic hydroxyl groups excluding tert-OH is 2. The Morgan fingerprint density at radius 3 is 2.23 bits per heavy atom. The summed E-state index contributed by atoms with van der Waals surface area (Å²) in [5.41, 5.74) is 0.914. The molecule has 1 aliphatic rings. The molecule has 2 amide bonds. The third-order valence-corrected chi connectivity index (χ3v) is 4.95. The smallest absolute Gasteiger partial charge is 0.270 e. The number of benzene rings is 1. The minimum atomic E-state index is -0.581. The highest BCUT2D eigenvalue weighted by atomic mass is 16.3. The standard InChI is InChI=1S/C23H25N3O4/c27-14-20(16-8-3-1-4-9-16)25-22(29)18-12-7-13-19(24-18)23(30)26-21(15-28)17-10-5-2-6-11-17/h1-10,12-13,17,20-21,27-28H,11,14-15H2,(H,25,29)(H,26,30)/t17?,20-,21-/m0/s1. The lowest BCUT2D eigenvalue weighted by Gasteiger charge is -2.24. The van der Waals surface area contributed by atoms with Gasteiger partial charge in [0.05, 0.1) is 25.3 Å². The van der Waals surface area contributed by atoms with Crippen LogP contribution in [0.1, 0.15) is 39.0 Å². The van der Waals surface area contributed by atoms with Crippen LogP contribution in [0.2, 0.25) is 0 Å². The van der Waals surface area contributed by atoms with Crippen molar-refractivity contribution in [1.82, 2.24) is 15.6 Å². The third-order valence-electron chi connectivity index (χ3n) is 4.95. The van der Waals surface area contributed by atoms with Crippen molar-refractivity contribution in [2.75, 3.05) is 13.2 Å². The Balaban J connectivity index is 1.68. The average Bonchev–Trinajstić information content (AvgIpc) is 2.81. The normalized spacial score (nSPS) is 17.2. The Labute approximate surface area is 175 Å². The van der Waals surface area contributed by atoms with E-state index >= 15 is 0 Å². The van der Waals surface area contributed by atoms with Gasteiger partial charge in [0.25, 0.3) is 11.8 Å². The van der Waals surface area contributed by atoms with Gasteiger partial charge in [-0.25, -0.2) is 4.98 Å². The molecule has 7 nitrogen and oxygen atoms in total. The summed E-state index contributed by atoms with van der Waals surface area (Å²) >= 11 is 0. The summed E-state index contributed by atoms with van der Waals surface area (Å²) in [6.45, 7) is -0.471. The summed E-state index contributed by atoms with van der Waals surface area (Å²) in [6.07, 6.45) is 8.45. The Bertz CT molecular complexity index is 927. The number of nitrogens with zero attached hydrogens (tertiary/aromatic N) is 1. The average molecular weight is 407 g/mol. The number of hydrogen-bond acceptors (Lipinski definition) is 5. The van der Waals surface area contributed by atoms with E-state index in [-0.39, 0.29) is 30.5 Å². The lowest BCUT2D eigenvalue weighted by atomic mass is 9.93. The van der Waals surface area contributed by atoms with E-state index in [1.807, 2.05) is 54.6 Å². The zero-order valence-corrected chi connectivity index (χ0v) is 16.4. The SMILES string of the molecule is O=C(N[C@@H](CO)c1ccccc1)c1cccc(C(=O)N[C@@H](CO)C2C=CC=CC2)n1. The maximum absolute atomic E-state index is 12.6. The van der Waals surface area contributed by atoms with Gasteiger partial charge >= 0.3 is 0 Å². The molecule has 7 heteroatoms. The Kier molecular flexibility index (Phi) is 7.48. The summed E-state index contributed by atoms with van der Waals surface area (Å²) in [5, 5.41) is 24.8. The van der Waals surface area contributed by atoms with Crippen molar-refractivity contribution in [2.45, 2.75) is 18.5 Å². The van der Waals surface area contributed by atoms with Gasteiger partial charge in [-0.2, -0.15) is 0 Å². The van der Waals surface area contributed by atoms with Crippen LogP contribution >= 0.6 is 0 Å². The molecule has 1 aromatic carbocycles. The van der Waals surface area contributed by atoms with Crippen molar-refractivity contribution >= 4 is 11.8 Å². The van der Waals surface area contributed by atoms with Gasteiger partial charge in [-0.3, -0.25) is 9.59 Å². The van der Waals surface area contributed by atoms with E-state index in [1.165, 1.54) is 12.1 Å². The maximum atomic E-state index is 12.6. The van der Waals surface area contributed by atoms with Crippen molar-refractivity contribution in [3.63, 3.8) is 0 Å². The van der Waals surface area contributed by atoms with Crippen molar-refractivity contribution in [1.29, 1.82) is 0 Å². The van der Waals surface area contributed by atoms with Gasteiger partial charge in [0.15, 0.2) is 0 Å². The van der Waals surface area contributed by atoms with E-state index < -0.39 is 23.9 Å². The first-order valence-corrected chi connectivity index (χ1v) is 9.81. The molecule has 3 atom stereocenters. The summed E-state index contributed by atoms with van der Waals surface area (Å²) in [7, 11) is 0. The van der Waals surface area contributed by atoms with Crippen LogP contribution in [0, 0.1) is 5.92 Å². The molecule has 0 aliphatic heterocycles. The van der Waals surface area contributed by atoms with Crippen LogP contribution in [-0.4, -0.2) is 46.3 Å². The Morgan fingerprint density at radius 1 is 0.933 bits per heavy atom. The predicted molar refractivity (Wildman–Crippen MR) is 113 cm³/mol. The van der Waals surface area contributed by atoms with E-state index in [0.29, 0.717) is 0 Å². The first kappa shape index (κ1) is 21.4. The van der Waals surface area contributed by atoms with Crippen LogP contribution in [0.4, 0.5) is 0 Å². The number of pyridine rings is 1. The molecule has 0 radical (unpaired) electrons. The fraction of sp³-hybridized carbons (Fsp3) is 0.261. The van der Waals surface area contributed by atoms with Crippen molar-refractivity contribution < 1.29 is 19.8 Å². The number of allylic oxidation sites excluding steroid dienone is 3. The number of rotatable bonds is 8. The molecule has 1 unspecified atom stereocenters. The van der Waals surface area contributed by atoms with Crippen molar-refractivity contribution in [3.05, 3.63) is 89.8 Å². The molecule has 4 N–H and O–H groups in total. The first-order chi connectivity index (χ1) is 14.6. The van der Waals surface area contributed by atoms with Crippen molar-refractivity contribution in [3.8, 4) is 0 Å². The predicted octanol–water partition coefficient (Wildman–Crippen LogP) is 1.77. The van der Waals surface area contributed by atoms with E-state index in [1.54, 1.807) is 6.07 Å². The monoisotopic (exact) mass is 407 g/mol. The lowest BCUT2D eigenvalue weighted by molar-refractivity contribution is 0.0892. The van der Waals surface area contributed by atoms with Gasteiger partial charge in [0.1, 0.15) is 11.4 Å². The van der Waals surface area contributed by atoms with Crippen LogP contribution in [0.5, 0.6) is 0 Å².